The molecule has 1 aliphatic heterocycles. The summed E-state index contributed by atoms with van der Waals surface area (Å²) in [5.74, 6) is -1.84. The van der Waals surface area contributed by atoms with Crippen LogP contribution in [0.4, 0.5) is 0 Å². The number of tetrazole rings is 1. The first-order chi connectivity index (χ1) is 17.3. The van der Waals surface area contributed by atoms with E-state index in [9.17, 15) is 24.3 Å². The van der Waals surface area contributed by atoms with Gasteiger partial charge >= 0.3 is 5.97 Å². The van der Waals surface area contributed by atoms with Crippen LogP contribution in [0, 0.1) is 5.92 Å². The maximum absolute atomic E-state index is 13.3. The highest BCUT2D eigenvalue weighted by molar-refractivity contribution is 5.97. The molecule has 1 unspecified atom stereocenters. The molecule has 3 atom stereocenters. The van der Waals surface area contributed by atoms with Crippen molar-refractivity contribution < 1.29 is 29.4 Å². The van der Waals surface area contributed by atoms with Gasteiger partial charge in [0, 0.05) is 25.1 Å². The molecule has 3 heterocycles. The zero-order chi connectivity index (χ0) is 25.7. The highest BCUT2D eigenvalue weighted by atomic mass is 16.4. The Morgan fingerprint density at radius 3 is 2.64 bits per heavy atom. The SMILES string of the molecule is O=C(O)CCC(=O)NC(c1ccc(C(=O)N2C[C@@H](O)C[C@H]2C(=O)NCc2nn[nH]n2)[nH]1)C1CCCC1. The number of nitrogens with one attached hydrogen (secondary N) is 4. The van der Waals surface area contributed by atoms with E-state index in [0.717, 1.165) is 25.7 Å². The Morgan fingerprint density at radius 2 is 1.94 bits per heavy atom. The van der Waals surface area contributed by atoms with Crippen molar-refractivity contribution in [2.45, 2.75) is 69.7 Å². The number of carbonyl (C=O) groups is 4. The van der Waals surface area contributed by atoms with E-state index >= 15 is 0 Å². The van der Waals surface area contributed by atoms with Crippen LogP contribution in [0.2, 0.25) is 0 Å². The van der Waals surface area contributed by atoms with E-state index in [1.54, 1.807) is 12.1 Å². The Kier molecular flexibility index (Phi) is 7.93. The van der Waals surface area contributed by atoms with Crippen molar-refractivity contribution in [1.82, 2.24) is 41.1 Å². The number of likely N-dealkylation sites (tertiary alicyclic amines) is 1. The summed E-state index contributed by atoms with van der Waals surface area (Å²) in [7, 11) is 0. The second-order valence-corrected chi connectivity index (χ2v) is 9.22. The fraction of sp³-hybridized carbons (Fsp3) is 0.591. The summed E-state index contributed by atoms with van der Waals surface area (Å²) in [6.45, 7) is 0.0344. The summed E-state index contributed by atoms with van der Waals surface area (Å²) in [6.07, 6.45) is 2.75. The molecule has 0 radical (unpaired) electrons. The molecule has 2 aromatic rings. The van der Waals surface area contributed by atoms with Gasteiger partial charge in [-0.15, -0.1) is 10.2 Å². The number of aliphatic carboxylic acids is 1. The van der Waals surface area contributed by atoms with Crippen molar-refractivity contribution in [1.29, 1.82) is 0 Å². The summed E-state index contributed by atoms with van der Waals surface area (Å²) in [5.41, 5.74) is 0.879. The van der Waals surface area contributed by atoms with E-state index in [4.69, 9.17) is 5.11 Å². The molecule has 2 aromatic heterocycles. The number of aromatic nitrogens is 5. The van der Waals surface area contributed by atoms with Gasteiger partial charge in [-0.3, -0.25) is 19.2 Å². The lowest BCUT2D eigenvalue weighted by Crippen LogP contribution is -2.46. The lowest BCUT2D eigenvalue weighted by atomic mass is 9.95. The number of hydrogen-bond donors (Lipinski definition) is 6. The molecule has 2 aliphatic rings. The molecule has 1 saturated heterocycles. The second-order valence-electron chi connectivity index (χ2n) is 9.22. The lowest BCUT2D eigenvalue weighted by Gasteiger charge is -2.25. The number of hydrogen-bond acceptors (Lipinski definition) is 8. The minimum atomic E-state index is -1.04. The minimum Gasteiger partial charge on any atom is -0.481 e. The third-order valence-electron chi connectivity index (χ3n) is 6.68. The zero-order valence-electron chi connectivity index (χ0n) is 19.6. The predicted molar refractivity (Wildman–Crippen MR) is 122 cm³/mol. The number of rotatable bonds is 10. The Hall–Kier alpha value is -3.81. The molecule has 0 aromatic carbocycles. The summed E-state index contributed by atoms with van der Waals surface area (Å²) in [5, 5.41) is 37.9. The van der Waals surface area contributed by atoms with Crippen LogP contribution in [0.3, 0.4) is 0 Å². The van der Waals surface area contributed by atoms with Crippen LogP contribution in [0.1, 0.15) is 73.0 Å². The standard InChI is InChI=1S/C22H30N8O6/c31-13-9-16(21(35)23-10-17-26-28-29-27-17)30(11-13)22(36)15-6-5-14(24-15)20(12-3-1-2-4-12)25-18(32)7-8-19(33)34/h5-6,12-13,16,20,24,31H,1-4,7-11H2,(H,23,35)(H,25,32)(H,33,34)(H,26,27,28,29)/t13-,16-,20?/m0/s1. The number of amides is 3. The van der Waals surface area contributed by atoms with E-state index in [1.807, 2.05) is 0 Å². The maximum Gasteiger partial charge on any atom is 0.303 e. The molecular weight excluding hydrogens is 472 g/mol. The van der Waals surface area contributed by atoms with Crippen LogP contribution >= 0.6 is 0 Å². The van der Waals surface area contributed by atoms with Crippen molar-refractivity contribution in [3.05, 3.63) is 29.3 Å². The largest absolute Gasteiger partial charge is 0.481 e. The summed E-state index contributed by atoms with van der Waals surface area (Å²) in [4.78, 5) is 53.7. The quantitative estimate of drug-likeness (QED) is 0.250. The Bertz CT molecular complexity index is 1080. The van der Waals surface area contributed by atoms with Crippen LogP contribution in [0.25, 0.3) is 0 Å². The Morgan fingerprint density at radius 1 is 1.17 bits per heavy atom. The minimum absolute atomic E-state index is 0.00542. The predicted octanol–water partition coefficient (Wildman–Crippen LogP) is -0.368. The van der Waals surface area contributed by atoms with Crippen molar-refractivity contribution in [2.75, 3.05) is 6.54 Å². The number of H-pyrrole nitrogens is 2. The number of carbonyl (C=O) groups excluding carboxylic acids is 3. The van der Waals surface area contributed by atoms with Gasteiger partial charge in [-0.2, -0.15) is 5.21 Å². The topological polar surface area (TPSA) is 206 Å². The molecule has 0 bridgehead atoms. The highest BCUT2D eigenvalue weighted by Gasteiger charge is 2.40. The molecule has 36 heavy (non-hydrogen) atoms. The fourth-order valence-corrected chi connectivity index (χ4v) is 4.91. The van der Waals surface area contributed by atoms with E-state index in [1.165, 1.54) is 4.90 Å². The molecule has 14 nitrogen and oxygen atoms in total. The van der Waals surface area contributed by atoms with Crippen molar-refractivity contribution in [3.63, 3.8) is 0 Å². The molecule has 6 N–H and O–H groups in total. The number of β-amino-alcohol motifs (C(OH)–C–C–N with tert-alkyl or cyclic N) is 1. The lowest BCUT2D eigenvalue weighted by molar-refractivity contribution is -0.139. The summed E-state index contributed by atoms with van der Waals surface area (Å²) >= 11 is 0. The van der Waals surface area contributed by atoms with Crippen LogP contribution < -0.4 is 10.6 Å². The van der Waals surface area contributed by atoms with Crippen LogP contribution in [-0.4, -0.2) is 83.1 Å². The summed E-state index contributed by atoms with van der Waals surface area (Å²) in [6, 6.07) is 2.08. The Labute approximate surface area is 206 Å². The average Bonchev–Trinajstić information content (AvgIpc) is 3.66. The number of carboxylic acid groups (broad SMARTS) is 1. The fourth-order valence-electron chi connectivity index (χ4n) is 4.91. The van der Waals surface area contributed by atoms with Crippen LogP contribution in [0.15, 0.2) is 12.1 Å². The monoisotopic (exact) mass is 502 g/mol. The molecule has 1 aliphatic carbocycles. The highest BCUT2D eigenvalue weighted by Crippen LogP contribution is 2.35. The second kappa shape index (κ2) is 11.3. The number of carboxylic acids is 1. The third-order valence-corrected chi connectivity index (χ3v) is 6.68. The number of aliphatic hydroxyl groups is 1. The van der Waals surface area contributed by atoms with E-state index < -0.39 is 29.9 Å². The van der Waals surface area contributed by atoms with Gasteiger partial charge in [0.15, 0.2) is 5.82 Å². The van der Waals surface area contributed by atoms with Crippen LogP contribution in [-0.2, 0) is 20.9 Å². The van der Waals surface area contributed by atoms with Crippen LogP contribution in [0.5, 0.6) is 0 Å². The van der Waals surface area contributed by atoms with Gasteiger partial charge in [0.2, 0.25) is 11.8 Å². The van der Waals surface area contributed by atoms with E-state index in [-0.39, 0.29) is 61.7 Å². The van der Waals surface area contributed by atoms with Crippen molar-refractivity contribution >= 4 is 23.7 Å². The van der Waals surface area contributed by atoms with Gasteiger partial charge in [0.25, 0.3) is 5.91 Å². The molecule has 1 saturated carbocycles. The van der Waals surface area contributed by atoms with Gasteiger partial charge in [-0.25, -0.2) is 0 Å². The van der Waals surface area contributed by atoms with Crippen molar-refractivity contribution in [3.8, 4) is 0 Å². The summed E-state index contributed by atoms with van der Waals surface area (Å²) < 4.78 is 0. The van der Waals surface area contributed by atoms with Gasteiger partial charge in [-0.05, 0) is 30.9 Å². The number of nitrogens with zero attached hydrogens (tertiary/aromatic N) is 4. The van der Waals surface area contributed by atoms with Gasteiger partial charge in [0.05, 0.1) is 25.1 Å². The first-order valence-corrected chi connectivity index (χ1v) is 12.0. The average molecular weight is 503 g/mol. The van der Waals surface area contributed by atoms with Gasteiger partial charge in [-0.1, -0.05) is 18.1 Å². The number of aliphatic hydroxyl groups excluding tert-OH is 1. The molecule has 4 rings (SSSR count). The van der Waals surface area contributed by atoms with Crippen molar-refractivity contribution in [2.24, 2.45) is 5.92 Å². The zero-order valence-corrected chi connectivity index (χ0v) is 19.6. The number of aromatic amines is 2. The first-order valence-electron chi connectivity index (χ1n) is 12.0. The molecule has 194 valence electrons. The van der Waals surface area contributed by atoms with Gasteiger partial charge < -0.3 is 30.7 Å². The van der Waals surface area contributed by atoms with Gasteiger partial charge in [0.1, 0.15) is 11.7 Å². The molecule has 14 heteroatoms. The molecule has 3 amide bonds. The smallest absolute Gasteiger partial charge is 0.303 e. The normalized spacial score (nSPS) is 20.9. The van der Waals surface area contributed by atoms with E-state index in [2.05, 4.69) is 36.2 Å². The van der Waals surface area contributed by atoms with E-state index in [0.29, 0.717) is 5.69 Å². The molecule has 2 fully saturated rings. The maximum atomic E-state index is 13.3. The third kappa shape index (κ3) is 6.05. The Balaban J connectivity index is 1.45. The first kappa shape index (κ1) is 25.3. The molecular formula is C22H30N8O6. The molecule has 0 spiro atoms.